The lowest BCUT2D eigenvalue weighted by molar-refractivity contribution is 0.682. The van der Waals surface area contributed by atoms with E-state index in [9.17, 15) is 4.79 Å². The maximum absolute atomic E-state index is 12.3. The van der Waals surface area contributed by atoms with Crippen LogP contribution in [0.25, 0.3) is 11.0 Å². The molecule has 0 atom stereocenters. The van der Waals surface area contributed by atoms with Gasteiger partial charge >= 0.3 is 0 Å². The van der Waals surface area contributed by atoms with Gasteiger partial charge in [-0.15, -0.1) is 22.9 Å². The number of hydrogen-bond acceptors (Lipinski definition) is 4. The maximum atomic E-state index is 12.3. The molecule has 0 saturated heterocycles. The Morgan fingerprint density at radius 2 is 2.10 bits per heavy atom. The Labute approximate surface area is 131 Å². The summed E-state index contributed by atoms with van der Waals surface area (Å²) >= 11 is 7.34. The SMILES string of the molecule is Cc1nc2ccccc2n(CCc2nc(CCl)cs2)c1=O. The smallest absolute Gasteiger partial charge is 0.272 e. The van der Waals surface area contributed by atoms with E-state index in [4.69, 9.17) is 11.6 Å². The van der Waals surface area contributed by atoms with Crippen LogP contribution in [0.15, 0.2) is 34.4 Å². The Bertz CT molecular complexity index is 840. The molecule has 1 aromatic carbocycles. The number of hydrogen-bond donors (Lipinski definition) is 0. The first-order chi connectivity index (χ1) is 10.2. The highest BCUT2D eigenvalue weighted by Gasteiger charge is 2.09. The van der Waals surface area contributed by atoms with Crippen molar-refractivity contribution in [2.24, 2.45) is 0 Å². The van der Waals surface area contributed by atoms with Crippen molar-refractivity contribution >= 4 is 34.0 Å². The number of para-hydroxylation sites is 2. The second-order valence-electron chi connectivity index (χ2n) is 4.76. The normalized spacial score (nSPS) is 11.1. The third kappa shape index (κ3) is 2.84. The van der Waals surface area contributed by atoms with Crippen LogP contribution in [0.2, 0.25) is 0 Å². The van der Waals surface area contributed by atoms with E-state index in [-0.39, 0.29) is 5.56 Å². The van der Waals surface area contributed by atoms with Crippen LogP contribution in [-0.4, -0.2) is 14.5 Å². The van der Waals surface area contributed by atoms with Crippen LogP contribution in [0.4, 0.5) is 0 Å². The molecule has 0 aliphatic rings. The summed E-state index contributed by atoms with van der Waals surface area (Å²) in [5, 5.41) is 2.96. The summed E-state index contributed by atoms with van der Waals surface area (Å²) in [7, 11) is 0. The molecular weight excluding hydrogens is 306 g/mol. The van der Waals surface area contributed by atoms with Crippen molar-refractivity contribution in [3.63, 3.8) is 0 Å². The van der Waals surface area contributed by atoms with E-state index in [0.717, 1.165) is 28.2 Å². The van der Waals surface area contributed by atoms with Gasteiger partial charge in [-0.2, -0.15) is 0 Å². The second kappa shape index (κ2) is 5.95. The number of fused-ring (bicyclic) bond motifs is 1. The number of aryl methyl sites for hydroxylation is 3. The quantitative estimate of drug-likeness (QED) is 0.694. The molecule has 0 N–H and O–H groups in total. The Balaban J connectivity index is 1.96. The van der Waals surface area contributed by atoms with Crippen LogP contribution in [0.5, 0.6) is 0 Å². The Morgan fingerprint density at radius 3 is 2.86 bits per heavy atom. The number of alkyl halides is 1. The fourth-order valence-electron chi connectivity index (χ4n) is 2.27. The van der Waals surface area contributed by atoms with Gasteiger partial charge in [0.2, 0.25) is 0 Å². The highest BCUT2D eigenvalue weighted by molar-refractivity contribution is 7.09. The number of thiazole rings is 1. The highest BCUT2D eigenvalue weighted by atomic mass is 35.5. The first-order valence-electron chi connectivity index (χ1n) is 6.64. The van der Waals surface area contributed by atoms with E-state index in [1.54, 1.807) is 22.8 Å². The predicted octanol–water partition coefficient (Wildman–Crippen LogP) is 3.14. The van der Waals surface area contributed by atoms with Gasteiger partial charge in [0.15, 0.2) is 0 Å². The molecular formula is C15H14ClN3OS. The number of aromatic nitrogens is 3. The molecule has 0 bridgehead atoms. The van der Waals surface area contributed by atoms with Crippen LogP contribution >= 0.6 is 22.9 Å². The summed E-state index contributed by atoms with van der Waals surface area (Å²) in [6.07, 6.45) is 0.717. The monoisotopic (exact) mass is 319 g/mol. The van der Waals surface area contributed by atoms with E-state index in [1.807, 2.05) is 29.6 Å². The number of rotatable bonds is 4. The number of halogens is 1. The minimum atomic E-state index is -0.0391. The Hall–Kier alpha value is -1.72. The minimum Gasteiger partial charge on any atom is -0.305 e. The molecule has 0 saturated carbocycles. The lowest BCUT2D eigenvalue weighted by atomic mass is 10.2. The largest absolute Gasteiger partial charge is 0.305 e. The average molecular weight is 320 g/mol. The van der Waals surface area contributed by atoms with Crippen molar-refractivity contribution in [3.8, 4) is 0 Å². The molecule has 4 nitrogen and oxygen atoms in total. The summed E-state index contributed by atoms with van der Waals surface area (Å²) in [6.45, 7) is 2.35. The molecule has 0 unspecified atom stereocenters. The van der Waals surface area contributed by atoms with E-state index in [0.29, 0.717) is 18.1 Å². The molecule has 0 aliphatic carbocycles. The van der Waals surface area contributed by atoms with Gasteiger partial charge in [0.25, 0.3) is 5.56 Å². The van der Waals surface area contributed by atoms with Gasteiger partial charge in [0.1, 0.15) is 5.69 Å². The van der Waals surface area contributed by atoms with Crippen LogP contribution < -0.4 is 5.56 Å². The molecule has 6 heteroatoms. The first kappa shape index (κ1) is 14.2. The Morgan fingerprint density at radius 1 is 1.29 bits per heavy atom. The van der Waals surface area contributed by atoms with Crippen LogP contribution in [0.1, 0.15) is 16.4 Å². The molecule has 0 radical (unpaired) electrons. The summed E-state index contributed by atoms with van der Waals surface area (Å²) < 4.78 is 1.78. The van der Waals surface area contributed by atoms with Gasteiger partial charge in [-0.05, 0) is 19.1 Å². The zero-order chi connectivity index (χ0) is 14.8. The fourth-order valence-corrected chi connectivity index (χ4v) is 3.29. The van der Waals surface area contributed by atoms with Crippen molar-refractivity contribution in [3.05, 3.63) is 56.4 Å². The van der Waals surface area contributed by atoms with Gasteiger partial charge in [-0.1, -0.05) is 12.1 Å². The molecule has 2 aromatic heterocycles. The van der Waals surface area contributed by atoms with Gasteiger partial charge in [-0.25, -0.2) is 9.97 Å². The van der Waals surface area contributed by atoms with Crippen LogP contribution in [0.3, 0.4) is 0 Å². The average Bonchev–Trinajstić information content (AvgIpc) is 2.96. The number of benzene rings is 1. The van der Waals surface area contributed by atoms with E-state index in [2.05, 4.69) is 9.97 Å². The van der Waals surface area contributed by atoms with Gasteiger partial charge in [-0.3, -0.25) is 4.79 Å². The highest BCUT2D eigenvalue weighted by Crippen LogP contribution is 2.14. The summed E-state index contributed by atoms with van der Waals surface area (Å²) in [5.74, 6) is 0.424. The van der Waals surface area contributed by atoms with Crippen LogP contribution in [-0.2, 0) is 18.8 Å². The van der Waals surface area contributed by atoms with E-state index >= 15 is 0 Å². The minimum absolute atomic E-state index is 0.0391. The molecule has 0 amide bonds. The van der Waals surface area contributed by atoms with Crippen LogP contribution in [0, 0.1) is 6.92 Å². The first-order valence-corrected chi connectivity index (χ1v) is 8.06. The predicted molar refractivity (Wildman–Crippen MR) is 86.1 cm³/mol. The summed E-state index contributed by atoms with van der Waals surface area (Å²) in [6, 6.07) is 7.70. The van der Waals surface area contributed by atoms with Crippen molar-refractivity contribution < 1.29 is 0 Å². The molecule has 0 fully saturated rings. The zero-order valence-corrected chi connectivity index (χ0v) is 13.1. The van der Waals surface area contributed by atoms with E-state index in [1.165, 1.54) is 0 Å². The summed E-state index contributed by atoms with van der Waals surface area (Å²) in [4.78, 5) is 21.1. The number of nitrogens with zero attached hydrogens (tertiary/aromatic N) is 3. The van der Waals surface area contributed by atoms with Crippen molar-refractivity contribution in [1.29, 1.82) is 0 Å². The van der Waals surface area contributed by atoms with Crippen molar-refractivity contribution in [1.82, 2.24) is 14.5 Å². The molecule has 3 aromatic rings. The van der Waals surface area contributed by atoms with Gasteiger partial charge in [0.05, 0.1) is 27.6 Å². The third-order valence-electron chi connectivity index (χ3n) is 3.30. The lowest BCUT2D eigenvalue weighted by Gasteiger charge is -2.10. The lowest BCUT2D eigenvalue weighted by Crippen LogP contribution is -2.25. The zero-order valence-electron chi connectivity index (χ0n) is 11.5. The molecule has 0 aliphatic heterocycles. The van der Waals surface area contributed by atoms with E-state index < -0.39 is 0 Å². The van der Waals surface area contributed by atoms with Crippen molar-refractivity contribution in [2.75, 3.05) is 0 Å². The second-order valence-corrected chi connectivity index (χ2v) is 5.97. The molecule has 0 spiro atoms. The van der Waals surface area contributed by atoms with Gasteiger partial charge < -0.3 is 4.57 Å². The molecule has 3 rings (SSSR count). The fraction of sp³-hybridized carbons (Fsp3) is 0.267. The molecule has 108 valence electrons. The molecule has 2 heterocycles. The van der Waals surface area contributed by atoms with Gasteiger partial charge in [0, 0.05) is 18.3 Å². The summed E-state index contributed by atoms with van der Waals surface area (Å²) in [5.41, 5.74) is 3.08. The standard InChI is InChI=1S/C15H14ClN3OS/c1-10-15(20)19(13-5-3-2-4-12(13)17-10)7-6-14-18-11(8-16)9-21-14/h2-5,9H,6-8H2,1H3. The van der Waals surface area contributed by atoms with Crippen molar-refractivity contribution in [2.45, 2.75) is 25.8 Å². The molecule has 21 heavy (non-hydrogen) atoms. The Kier molecular flexibility index (Phi) is 4.03. The third-order valence-corrected chi connectivity index (χ3v) is 4.53. The maximum Gasteiger partial charge on any atom is 0.272 e. The topological polar surface area (TPSA) is 47.8 Å².